The van der Waals surface area contributed by atoms with Crippen LogP contribution in [0.3, 0.4) is 0 Å². The summed E-state index contributed by atoms with van der Waals surface area (Å²) in [5, 5.41) is 11.5. The first-order chi connectivity index (χ1) is 9.61. The minimum atomic E-state index is -0.463. The van der Waals surface area contributed by atoms with Crippen LogP contribution >= 0.6 is 0 Å². The van der Waals surface area contributed by atoms with Crippen LogP contribution in [0.15, 0.2) is 12.4 Å². The summed E-state index contributed by atoms with van der Waals surface area (Å²) in [6, 6.07) is -0.757. The molecule has 1 saturated heterocycles. The van der Waals surface area contributed by atoms with Gasteiger partial charge in [0.25, 0.3) is 0 Å². The zero-order valence-corrected chi connectivity index (χ0v) is 11.8. The number of aromatic nitrogens is 2. The van der Waals surface area contributed by atoms with Crippen LogP contribution < -0.4 is 10.6 Å². The summed E-state index contributed by atoms with van der Waals surface area (Å²) in [4.78, 5) is 25.1. The molecule has 7 heteroatoms. The molecule has 2 heterocycles. The average Bonchev–Trinajstić information content (AvgIpc) is 3.00. The van der Waals surface area contributed by atoms with Crippen molar-refractivity contribution in [3.05, 3.63) is 18.0 Å². The Morgan fingerprint density at radius 3 is 2.70 bits per heavy atom. The molecule has 1 aliphatic rings. The Morgan fingerprint density at radius 2 is 2.15 bits per heavy atom. The lowest BCUT2D eigenvalue weighted by atomic mass is 9.91. The summed E-state index contributed by atoms with van der Waals surface area (Å²) in [5.74, 6) is 0.241. The van der Waals surface area contributed by atoms with Gasteiger partial charge in [0.15, 0.2) is 0 Å². The fourth-order valence-electron chi connectivity index (χ4n) is 2.55. The summed E-state index contributed by atoms with van der Waals surface area (Å²) in [5.41, 5.74) is 1.23. The van der Waals surface area contributed by atoms with E-state index in [4.69, 9.17) is 0 Å². The van der Waals surface area contributed by atoms with Gasteiger partial charge in [-0.05, 0) is 44.3 Å². The molecular formula is C13H21N5O2. The fraction of sp³-hybridized carbons (Fsp3) is 0.615. The lowest BCUT2D eigenvalue weighted by molar-refractivity contribution is -0.125. The maximum Gasteiger partial charge on any atom is 0.321 e. The molecule has 1 aliphatic heterocycles. The first-order valence-corrected chi connectivity index (χ1v) is 6.87. The van der Waals surface area contributed by atoms with Crippen LogP contribution in [0.5, 0.6) is 0 Å². The van der Waals surface area contributed by atoms with Gasteiger partial charge in [-0.1, -0.05) is 0 Å². The number of nitrogens with one attached hydrogen (secondary N) is 3. The number of carbonyl (C=O) groups is 2. The summed E-state index contributed by atoms with van der Waals surface area (Å²) < 4.78 is 0. The molecule has 3 amide bonds. The lowest BCUT2D eigenvalue weighted by Gasteiger charge is -2.34. The molecule has 0 aromatic carbocycles. The molecule has 20 heavy (non-hydrogen) atoms. The highest BCUT2D eigenvalue weighted by Gasteiger charge is 2.28. The third-order valence-corrected chi connectivity index (χ3v) is 3.91. The fourth-order valence-corrected chi connectivity index (χ4v) is 2.55. The van der Waals surface area contributed by atoms with Crippen molar-refractivity contribution in [2.45, 2.75) is 31.7 Å². The van der Waals surface area contributed by atoms with Gasteiger partial charge in [0, 0.05) is 13.2 Å². The molecule has 2 rings (SSSR count). The molecule has 0 aliphatic carbocycles. The highest BCUT2D eigenvalue weighted by molar-refractivity contribution is 5.96. The third kappa shape index (κ3) is 3.36. The Bertz CT molecular complexity index is 451. The molecule has 0 saturated carbocycles. The van der Waals surface area contributed by atoms with E-state index in [-0.39, 0.29) is 11.9 Å². The Labute approximate surface area is 118 Å². The minimum absolute atomic E-state index is 0.258. The summed E-state index contributed by atoms with van der Waals surface area (Å²) in [6.07, 6.45) is 5.79. The Balaban J connectivity index is 1.84. The standard InChI is InChI=1S/C13H21N5O2/c1-9(12(19)17-13(20)14-2)18-5-3-10(4-6-18)11-7-15-16-8-11/h7-10H,3-6H2,1-2H3,(H,15,16)(H2,14,17,19,20). The normalized spacial score (nSPS) is 18.5. The zero-order chi connectivity index (χ0) is 14.5. The molecule has 3 N–H and O–H groups in total. The average molecular weight is 279 g/mol. The van der Waals surface area contributed by atoms with Gasteiger partial charge in [-0.15, -0.1) is 0 Å². The molecule has 1 aromatic heterocycles. The number of hydrogen-bond donors (Lipinski definition) is 3. The topological polar surface area (TPSA) is 90.1 Å². The van der Waals surface area contributed by atoms with Gasteiger partial charge < -0.3 is 5.32 Å². The van der Waals surface area contributed by atoms with Crippen LogP contribution in [0.4, 0.5) is 4.79 Å². The Kier molecular flexibility index (Phi) is 4.73. The van der Waals surface area contributed by atoms with Gasteiger partial charge in [0.2, 0.25) is 5.91 Å². The molecule has 1 fully saturated rings. The van der Waals surface area contributed by atoms with Crippen LogP contribution in [0.1, 0.15) is 31.2 Å². The van der Waals surface area contributed by atoms with E-state index < -0.39 is 6.03 Å². The van der Waals surface area contributed by atoms with E-state index >= 15 is 0 Å². The van der Waals surface area contributed by atoms with E-state index in [2.05, 4.69) is 25.7 Å². The second-order valence-corrected chi connectivity index (χ2v) is 5.09. The summed E-state index contributed by atoms with van der Waals surface area (Å²) >= 11 is 0. The van der Waals surface area contributed by atoms with E-state index in [1.165, 1.54) is 12.6 Å². The van der Waals surface area contributed by atoms with Crippen molar-refractivity contribution in [1.29, 1.82) is 0 Å². The number of urea groups is 1. The maximum atomic E-state index is 11.9. The molecule has 1 atom stereocenters. The number of hydrogen-bond acceptors (Lipinski definition) is 4. The number of likely N-dealkylation sites (tertiary alicyclic amines) is 1. The number of carbonyl (C=O) groups excluding carboxylic acids is 2. The van der Waals surface area contributed by atoms with Gasteiger partial charge in [0.05, 0.1) is 12.2 Å². The number of amides is 3. The van der Waals surface area contributed by atoms with E-state index in [1.54, 1.807) is 0 Å². The van der Waals surface area contributed by atoms with Crippen molar-refractivity contribution in [3.63, 3.8) is 0 Å². The second kappa shape index (κ2) is 6.51. The van der Waals surface area contributed by atoms with Crippen molar-refractivity contribution in [2.24, 2.45) is 0 Å². The monoisotopic (exact) mass is 279 g/mol. The summed E-state index contributed by atoms with van der Waals surface area (Å²) in [6.45, 7) is 3.52. The summed E-state index contributed by atoms with van der Waals surface area (Å²) in [7, 11) is 1.49. The number of H-pyrrole nitrogens is 1. The van der Waals surface area contributed by atoms with Crippen molar-refractivity contribution in [3.8, 4) is 0 Å². The van der Waals surface area contributed by atoms with Gasteiger partial charge in [-0.25, -0.2) is 4.79 Å². The van der Waals surface area contributed by atoms with Crippen LogP contribution in [0.2, 0.25) is 0 Å². The maximum absolute atomic E-state index is 11.9. The number of nitrogens with zero attached hydrogens (tertiary/aromatic N) is 2. The largest absolute Gasteiger partial charge is 0.341 e. The quantitative estimate of drug-likeness (QED) is 0.748. The minimum Gasteiger partial charge on any atom is -0.341 e. The van der Waals surface area contributed by atoms with Crippen molar-refractivity contribution in [1.82, 2.24) is 25.7 Å². The molecule has 0 spiro atoms. The van der Waals surface area contributed by atoms with Gasteiger partial charge in [-0.2, -0.15) is 5.10 Å². The molecule has 1 unspecified atom stereocenters. The molecular weight excluding hydrogens is 258 g/mol. The van der Waals surface area contributed by atoms with Gasteiger partial charge >= 0.3 is 6.03 Å². The highest BCUT2D eigenvalue weighted by atomic mass is 16.2. The van der Waals surface area contributed by atoms with Crippen LogP contribution in [-0.2, 0) is 4.79 Å². The Hall–Kier alpha value is -1.89. The predicted octanol–water partition coefficient (Wildman–Crippen LogP) is 0.433. The molecule has 110 valence electrons. The number of piperidine rings is 1. The van der Waals surface area contributed by atoms with Crippen molar-refractivity contribution >= 4 is 11.9 Å². The van der Waals surface area contributed by atoms with E-state index in [0.717, 1.165) is 25.9 Å². The Morgan fingerprint density at radius 1 is 1.45 bits per heavy atom. The first-order valence-electron chi connectivity index (χ1n) is 6.87. The zero-order valence-electron chi connectivity index (χ0n) is 11.8. The van der Waals surface area contributed by atoms with Gasteiger partial charge in [0.1, 0.15) is 0 Å². The molecule has 7 nitrogen and oxygen atoms in total. The third-order valence-electron chi connectivity index (χ3n) is 3.91. The van der Waals surface area contributed by atoms with Crippen molar-refractivity contribution in [2.75, 3.05) is 20.1 Å². The van der Waals surface area contributed by atoms with Crippen LogP contribution in [0.25, 0.3) is 0 Å². The first kappa shape index (κ1) is 14.5. The molecule has 0 radical (unpaired) electrons. The number of rotatable bonds is 3. The van der Waals surface area contributed by atoms with E-state index in [0.29, 0.717) is 5.92 Å². The number of imide groups is 1. The predicted molar refractivity (Wildman–Crippen MR) is 74.2 cm³/mol. The van der Waals surface area contributed by atoms with Crippen molar-refractivity contribution < 1.29 is 9.59 Å². The smallest absolute Gasteiger partial charge is 0.321 e. The molecule has 0 bridgehead atoms. The van der Waals surface area contributed by atoms with Crippen LogP contribution in [0, 0.1) is 0 Å². The van der Waals surface area contributed by atoms with E-state index in [1.807, 2.05) is 19.3 Å². The van der Waals surface area contributed by atoms with Crippen LogP contribution in [-0.4, -0.2) is 53.2 Å². The SMILES string of the molecule is CNC(=O)NC(=O)C(C)N1CCC(c2cn[nH]c2)CC1. The number of aromatic amines is 1. The lowest BCUT2D eigenvalue weighted by Crippen LogP contribution is -2.50. The second-order valence-electron chi connectivity index (χ2n) is 5.09. The molecule has 1 aromatic rings. The van der Waals surface area contributed by atoms with Gasteiger partial charge in [-0.3, -0.25) is 20.1 Å². The highest BCUT2D eigenvalue weighted by Crippen LogP contribution is 2.27. The van der Waals surface area contributed by atoms with E-state index in [9.17, 15) is 9.59 Å².